The molecule has 2 fully saturated rings. The van der Waals surface area contributed by atoms with Gasteiger partial charge in [0, 0.05) is 37.6 Å². The van der Waals surface area contributed by atoms with Crippen LogP contribution < -0.4 is 5.32 Å². The Balaban J connectivity index is 1.46. The van der Waals surface area contributed by atoms with Crippen molar-refractivity contribution in [3.63, 3.8) is 0 Å². The molecule has 5 nitrogen and oxygen atoms in total. The van der Waals surface area contributed by atoms with E-state index in [9.17, 15) is 9.59 Å². The molecule has 2 aromatic carbocycles. The summed E-state index contributed by atoms with van der Waals surface area (Å²) in [7, 11) is 0. The van der Waals surface area contributed by atoms with Gasteiger partial charge < -0.3 is 10.2 Å². The van der Waals surface area contributed by atoms with Crippen molar-refractivity contribution in [3.8, 4) is 0 Å². The predicted octanol–water partition coefficient (Wildman–Crippen LogP) is 3.65. The molecule has 2 heterocycles. The van der Waals surface area contributed by atoms with E-state index >= 15 is 0 Å². The Kier molecular flexibility index (Phi) is 6.63. The topological polar surface area (TPSA) is 52.7 Å². The Morgan fingerprint density at radius 1 is 1.00 bits per heavy atom. The van der Waals surface area contributed by atoms with E-state index in [0.717, 1.165) is 36.6 Å². The standard InChI is InChI=1S/C25H30ClN3O2/c1-2-14-29-23(30)22(17-19-6-4-3-5-7-19)27-24(31)25(29)12-15-28(16-13-25)18-20-8-10-21(26)11-9-20/h3-11,22H,2,12-18H2,1H3,(H,27,31). The monoisotopic (exact) mass is 439 g/mol. The maximum absolute atomic E-state index is 13.4. The van der Waals surface area contributed by atoms with Crippen molar-refractivity contribution in [2.24, 2.45) is 0 Å². The Bertz CT molecular complexity index is 908. The highest BCUT2D eigenvalue weighted by atomic mass is 35.5. The van der Waals surface area contributed by atoms with Crippen molar-refractivity contribution >= 4 is 23.4 Å². The number of likely N-dealkylation sites (tertiary alicyclic amines) is 1. The number of carbonyl (C=O) groups is 2. The lowest BCUT2D eigenvalue weighted by Gasteiger charge is -2.51. The molecule has 1 unspecified atom stereocenters. The van der Waals surface area contributed by atoms with Gasteiger partial charge in [-0.3, -0.25) is 14.5 Å². The van der Waals surface area contributed by atoms with Crippen LogP contribution in [-0.2, 0) is 22.6 Å². The van der Waals surface area contributed by atoms with Gasteiger partial charge in [0.2, 0.25) is 11.8 Å². The van der Waals surface area contributed by atoms with E-state index in [4.69, 9.17) is 11.6 Å². The van der Waals surface area contributed by atoms with E-state index in [1.54, 1.807) is 0 Å². The quantitative estimate of drug-likeness (QED) is 0.747. The highest BCUT2D eigenvalue weighted by Crippen LogP contribution is 2.34. The van der Waals surface area contributed by atoms with E-state index in [1.165, 1.54) is 5.56 Å². The summed E-state index contributed by atoms with van der Waals surface area (Å²) in [6.07, 6.45) is 2.70. The van der Waals surface area contributed by atoms with Crippen LogP contribution >= 0.6 is 11.6 Å². The number of rotatable bonds is 6. The first-order valence-electron chi connectivity index (χ1n) is 11.1. The summed E-state index contributed by atoms with van der Waals surface area (Å²) in [4.78, 5) is 31.0. The molecule has 1 N–H and O–H groups in total. The average molecular weight is 440 g/mol. The second-order valence-corrected chi connectivity index (χ2v) is 9.08. The first kappa shape index (κ1) is 21.8. The second-order valence-electron chi connectivity index (χ2n) is 8.64. The fourth-order valence-corrected chi connectivity index (χ4v) is 4.96. The zero-order chi connectivity index (χ0) is 21.8. The summed E-state index contributed by atoms with van der Waals surface area (Å²) in [5.41, 5.74) is 1.54. The van der Waals surface area contributed by atoms with Crippen molar-refractivity contribution in [1.82, 2.24) is 15.1 Å². The highest BCUT2D eigenvalue weighted by molar-refractivity contribution is 6.30. The lowest BCUT2D eigenvalue weighted by Crippen LogP contribution is -2.73. The molecule has 0 aliphatic carbocycles. The van der Waals surface area contributed by atoms with Gasteiger partial charge in [-0.15, -0.1) is 0 Å². The van der Waals surface area contributed by atoms with Crippen LogP contribution in [0.3, 0.4) is 0 Å². The van der Waals surface area contributed by atoms with E-state index in [1.807, 2.05) is 59.5 Å². The van der Waals surface area contributed by atoms with Crippen molar-refractivity contribution in [2.75, 3.05) is 19.6 Å². The van der Waals surface area contributed by atoms with Gasteiger partial charge in [0.25, 0.3) is 0 Å². The van der Waals surface area contributed by atoms with Crippen LogP contribution in [0, 0.1) is 0 Å². The SMILES string of the molecule is CCCN1C(=O)C(Cc2ccccc2)NC(=O)C12CCN(Cc1ccc(Cl)cc1)CC2. The first-order chi connectivity index (χ1) is 15.0. The van der Waals surface area contributed by atoms with Gasteiger partial charge in [-0.2, -0.15) is 0 Å². The van der Waals surface area contributed by atoms with E-state index in [2.05, 4.69) is 17.1 Å². The minimum atomic E-state index is -0.725. The number of benzene rings is 2. The van der Waals surface area contributed by atoms with Crippen LogP contribution in [0.2, 0.25) is 5.02 Å². The average Bonchev–Trinajstić information content (AvgIpc) is 2.79. The van der Waals surface area contributed by atoms with Crippen molar-refractivity contribution in [1.29, 1.82) is 0 Å². The van der Waals surface area contributed by atoms with Crippen molar-refractivity contribution in [2.45, 2.75) is 50.7 Å². The Hall–Kier alpha value is -2.37. The zero-order valence-corrected chi connectivity index (χ0v) is 18.8. The van der Waals surface area contributed by atoms with E-state index in [0.29, 0.717) is 25.8 Å². The molecule has 0 saturated carbocycles. The molecule has 1 atom stereocenters. The molecule has 4 rings (SSSR count). The van der Waals surface area contributed by atoms with Crippen LogP contribution in [-0.4, -0.2) is 52.8 Å². The smallest absolute Gasteiger partial charge is 0.246 e. The van der Waals surface area contributed by atoms with Gasteiger partial charge in [-0.1, -0.05) is 61.0 Å². The number of carbonyl (C=O) groups excluding carboxylic acids is 2. The molecular weight excluding hydrogens is 410 g/mol. The molecule has 0 radical (unpaired) electrons. The van der Waals surface area contributed by atoms with Crippen LogP contribution in [0.15, 0.2) is 54.6 Å². The third kappa shape index (κ3) is 4.63. The molecule has 31 heavy (non-hydrogen) atoms. The molecule has 2 aliphatic heterocycles. The van der Waals surface area contributed by atoms with Crippen LogP contribution in [0.25, 0.3) is 0 Å². The van der Waals surface area contributed by atoms with Gasteiger partial charge in [0.05, 0.1) is 0 Å². The summed E-state index contributed by atoms with van der Waals surface area (Å²) in [6, 6.07) is 17.3. The van der Waals surface area contributed by atoms with Gasteiger partial charge in [0.1, 0.15) is 11.6 Å². The largest absolute Gasteiger partial charge is 0.342 e. The third-order valence-corrected chi connectivity index (χ3v) is 6.79. The number of piperidine rings is 1. The Labute approximate surface area is 189 Å². The third-order valence-electron chi connectivity index (χ3n) is 6.54. The number of nitrogens with zero attached hydrogens (tertiary/aromatic N) is 2. The van der Waals surface area contributed by atoms with Gasteiger partial charge >= 0.3 is 0 Å². The van der Waals surface area contributed by atoms with Gasteiger partial charge in [-0.05, 0) is 42.5 Å². The number of piperazine rings is 1. The van der Waals surface area contributed by atoms with E-state index in [-0.39, 0.29) is 11.8 Å². The highest BCUT2D eigenvalue weighted by Gasteiger charge is 2.53. The molecule has 2 amide bonds. The number of hydrogen-bond acceptors (Lipinski definition) is 3. The molecule has 6 heteroatoms. The van der Waals surface area contributed by atoms with Crippen LogP contribution in [0.5, 0.6) is 0 Å². The number of amides is 2. The summed E-state index contributed by atoms with van der Waals surface area (Å²) >= 11 is 5.99. The summed E-state index contributed by atoms with van der Waals surface area (Å²) in [5, 5.41) is 3.81. The fraction of sp³-hybridized carbons (Fsp3) is 0.440. The number of nitrogens with one attached hydrogen (secondary N) is 1. The molecule has 0 aromatic heterocycles. The number of hydrogen-bond donors (Lipinski definition) is 1. The van der Waals surface area contributed by atoms with E-state index < -0.39 is 11.6 Å². The normalized spacial score (nSPS) is 21.4. The van der Waals surface area contributed by atoms with Gasteiger partial charge in [0.15, 0.2) is 0 Å². The van der Waals surface area contributed by atoms with Gasteiger partial charge in [-0.25, -0.2) is 0 Å². The lowest BCUT2D eigenvalue weighted by molar-refractivity contribution is -0.161. The maximum Gasteiger partial charge on any atom is 0.246 e. The minimum absolute atomic E-state index is 0.00706. The molecule has 1 spiro atoms. The van der Waals surface area contributed by atoms with Crippen molar-refractivity contribution < 1.29 is 9.59 Å². The lowest BCUT2D eigenvalue weighted by atomic mass is 9.81. The molecule has 0 bridgehead atoms. The van der Waals surface area contributed by atoms with Crippen LogP contribution in [0.4, 0.5) is 0 Å². The molecule has 2 aromatic rings. The van der Waals surface area contributed by atoms with Crippen molar-refractivity contribution in [3.05, 3.63) is 70.7 Å². The minimum Gasteiger partial charge on any atom is -0.342 e. The first-order valence-corrected chi connectivity index (χ1v) is 11.5. The van der Waals surface area contributed by atoms with Crippen LogP contribution in [0.1, 0.15) is 37.3 Å². The molecule has 2 aliphatic rings. The Morgan fingerprint density at radius 3 is 2.32 bits per heavy atom. The molecular formula is C25H30ClN3O2. The number of halogens is 1. The summed E-state index contributed by atoms with van der Waals surface area (Å²) in [6.45, 7) is 5.08. The zero-order valence-electron chi connectivity index (χ0n) is 18.0. The second kappa shape index (κ2) is 9.41. The summed E-state index contributed by atoms with van der Waals surface area (Å²) in [5.74, 6) is 0.0593. The molecule has 164 valence electrons. The maximum atomic E-state index is 13.4. The fourth-order valence-electron chi connectivity index (χ4n) is 4.84. The predicted molar refractivity (Wildman–Crippen MR) is 123 cm³/mol. The Morgan fingerprint density at radius 2 is 1.68 bits per heavy atom. The molecule has 2 saturated heterocycles. The summed E-state index contributed by atoms with van der Waals surface area (Å²) < 4.78 is 0.